The van der Waals surface area contributed by atoms with Gasteiger partial charge in [-0.15, -0.1) is 0 Å². The van der Waals surface area contributed by atoms with E-state index in [-0.39, 0.29) is 17.9 Å². The van der Waals surface area contributed by atoms with Crippen LogP contribution in [0.25, 0.3) is 22.2 Å². The summed E-state index contributed by atoms with van der Waals surface area (Å²) in [5.74, 6) is 0.989. The molecule has 0 saturated carbocycles. The van der Waals surface area contributed by atoms with Crippen molar-refractivity contribution in [2.24, 2.45) is 5.92 Å². The van der Waals surface area contributed by atoms with Crippen molar-refractivity contribution in [3.63, 3.8) is 0 Å². The lowest BCUT2D eigenvalue weighted by Gasteiger charge is -2.26. The minimum absolute atomic E-state index is 0.146. The molecule has 156 valence electrons. The van der Waals surface area contributed by atoms with Crippen LogP contribution in [0.3, 0.4) is 0 Å². The van der Waals surface area contributed by atoms with Crippen molar-refractivity contribution in [3.8, 4) is 11.3 Å². The Morgan fingerprint density at radius 1 is 1.20 bits per heavy atom. The second kappa shape index (κ2) is 8.24. The Morgan fingerprint density at radius 3 is 2.90 bits per heavy atom. The summed E-state index contributed by atoms with van der Waals surface area (Å²) in [7, 11) is 0. The summed E-state index contributed by atoms with van der Waals surface area (Å²) in [5.41, 5.74) is 2.70. The number of benzene rings is 1. The number of nitrogens with zero attached hydrogens (tertiary/aromatic N) is 3. The second-order valence-corrected chi connectivity index (χ2v) is 8.48. The Labute approximate surface area is 180 Å². The van der Waals surface area contributed by atoms with Gasteiger partial charge >= 0.3 is 0 Å². The topological polar surface area (TPSA) is 85.9 Å². The maximum atomic E-state index is 12.8. The summed E-state index contributed by atoms with van der Waals surface area (Å²) in [6.07, 6.45) is 6.33. The normalized spacial score (nSPS) is 20.0. The lowest BCUT2D eigenvalue weighted by molar-refractivity contribution is -0.135. The van der Waals surface area contributed by atoms with Crippen LogP contribution in [0.2, 0.25) is 5.02 Å². The molecule has 2 fully saturated rings. The smallest absolute Gasteiger partial charge is 0.225 e. The molecule has 1 aromatic carbocycles. The average molecular weight is 425 g/mol. The van der Waals surface area contributed by atoms with E-state index < -0.39 is 0 Å². The average Bonchev–Trinajstić information content (AvgIpc) is 3.42. The van der Waals surface area contributed by atoms with Crippen LogP contribution in [0.5, 0.6) is 0 Å². The number of aromatic nitrogens is 3. The van der Waals surface area contributed by atoms with Crippen molar-refractivity contribution in [1.29, 1.82) is 0 Å². The van der Waals surface area contributed by atoms with Gasteiger partial charge in [-0.3, -0.25) is 4.79 Å². The molecule has 0 unspecified atom stereocenters. The van der Waals surface area contributed by atoms with Gasteiger partial charge in [0, 0.05) is 47.7 Å². The van der Waals surface area contributed by atoms with Crippen LogP contribution in [0.1, 0.15) is 19.3 Å². The van der Waals surface area contributed by atoms with Gasteiger partial charge in [0.1, 0.15) is 0 Å². The van der Waals surface area contributed by atoms with Gasteiger partial charge in [-0.1, -0.05) is 29.8 Å². The lowest BCUT2D eigenvalue weighted by Crippen LogP contribution is -2.40. The van der Waals surface area contributed by atoms with Crippen molar-refractivity contribution >= 4 is 34.4 Å². The summed E-state index contributed by atoms with van der Waals surface area (Å²) in [6, 6.07) is 8.22. The molecule has 30 heavy (non-hydrogen) atoms. The highest BCUT2D eigenvalue weighted by atomic mass is 35.5. The molecule has 8 heteroatoms. The van der Waals surface area contributed by atoms with E-state index in [2.05, 4.69) is 20.6 Å². The highest BCUT2D eigenvalue weighted by Crippen LogP contribution is 2.32. The van der Waals surface area contributed by atoms with Crippen molar-refractivity contribution in [2.75, 3.05) is 31.5 Å². The molecule has 0 spiro atoms. The molecule has 2 aliphatic rings. The first-order valence-corrected chi connectivity index (χ1v) is 10.9. The molecule has 2 saturated heterocycles. The van der Waals surface area contributed by atoms with E-state index >= 15 is 0 Å². The molecule has 4 heterocycles. The van der Waals surface area contributed by atoms with E-state index in [9.17, 15) is 4.79 Å². The number of para-hydroxylation sites is 1. The van der Waals surface area contributed by atoms with Gasteiger partial charge in [0.2, 0.25) is 11.9 Å². The molecule has 1 amide bonds. The molecule has 3 N–H and O–H groups in total. The van der Waals surface area contributed by atoms with Crippen molar-refractivity contribution in [2.45, 2.75) is 25.3 Å². The number of piperidine rings is 1. The van der Waals surface area contributed by atoms with Gasteiger partial charge in [-0.2, -0.15) is 0 Å². The summed E-state index contributed by atoms with van der Waals surface area (Å²) in [4.78, 5) is 27.1. The van der Waals surface area contributed by atoms with E-state index in [1.54, 1.807) is 6.20 Å². The first kappa shape index (κ1) is 19.3. The van der Waals surface area contributed by atoms with Gasteiger partial charge in [0.25, 0.3) is 0 Å². The highest BCUT2D eigenvalue weighted by molar-refractivity contribution is 6.33. The number of rotatable bonds is 4. The SMILES string of the molecule is O=C(C1CCNCC1)N1CC[C@H](Nc2ncc(Cl)c(-c3c[nH]c4ccccc34)n2)C1. The second-order valence-electron chi connectivity index (χ2n) is 8.08. The van der Waals surface area contributed by atoms with Crippen molar-refractivity contribution in [3.05, 3.63) is 41.7 Å². The van der Waals surface area contributed by atoms with Gasteiger partial charge in [0.05, 0.1) is 16.9 Å². The number of nitrogens with one attached hydrogen (secondary N) is 3. The molecule has 2 aliphatic heterocycles. The van der Waals surface area contributed by atoms with Gasteiger partial charge in [0.15, 0.2) is 0 Å². The van der Waals surface area contributed by atoms with Crippen LogP contribution in [0.15, 0.2) is 36.7 Å². The third-order valence-corrected chi connectivity index (χ3v) is 6.39. The van der Waals surface area contributed by atoms with Crippen molar-refractivity contribution in [1.82, 2.24) is 25.2 Å². The number of aromatic amines is 1. The Bertz CT molecular complexity index is 1060. The van der Waals surface area contributed by atoms with Crippen LogP contribution >= 0.6 is 11.6 Å². The molecule has 0 aliphatic carbocycles. The fourth-order valence-corrected chi connectivity index (χ4v) is 4.67. The fraction of sp³-hybridized carbons (Fsp3) is 0.409. The number of hydrogen-bond acceptors (Lipinski definition) is 5. The van der Waals surface area contributed by atoms with Gasteiger partial charge in [-0.05, 0) is 38.4 Å². The third-order valence-electron chi connectivity index (χ3n) is 6.11. The Kier molecular flexibility index (Phi) is 5.31. The van der Waals surface area contributed by atoms with Crippen LogP contribution in [-0.4, -0.2) is 58.0 Å². The van der Waals surface area contributed by atoms with E-state index in [1.165, 1.54) is 0 Å². The molecule has 1 atom stereocenters. The van der Waals surface area contributed by atoms with Crippen LogP contribution in [-0.2, 0) is 4.79 Å². The maximum Gasteiger partial charge on any atom is 0.225 e. The monoisotopic (exact) mass is 424 g/mol. The minimum Gasteiger partial charge on any atom is -0.360 e. The first-order valence-electron chi connectivity index (χ1n) is 10.5. The van der Waals surface area contributed by atoms with E-state index in [4.69, 9.17) is 16.6 Å². The first-order chi connectivity index (χ1) is 14.7. The maximum absolute atomic E-state index is 12.8. The van der Waals surface area contributed by atoms with E-state index in [0.29, 0.717) is 23.2 Å². The summed E-state index contributed by atoms with van der Waals surface area (Å²) in [6.45, 7) is 3.34. The molecular weight excluding hydrogens is 400 g/mol. The van der Waals surface area contributed by atoms with E-state index in [1.807, 2.05) is 35.4 Å². The number of carbonyl (C=O) groups excluding carboxylic acids is 1. The number of anilines is 1. The molecule has 0 bridgehead atoms. The highest BCUT2D eigenvalue weighted by Gasteiger charge is 2.31. The van der Waals surface area contributed by atoms with E-state index in [0.717, 1.165) is 55.4 Å². The standard InChI is InChI=1S/C22H25ClN6O/c23-18-12-26-22(28-20(18)17-11-25-19-4-2-1-3-16(17)19)27-15-7-10-29(13-15)21(30)14-5-8-24-9-6-14/h1-4,11-12,14-15,24-25H,5-10,13H2,(H,26,27,28)/t15-/m0/s1. The lowest BCUT2D eigenvalue weighted by atomic mass is 9.97. The predicted molar refractivity (Wildman–Crippen MR) is 119 cm³/mol. The summed E-state index contributed by atoms with van der Waals surface area (Å²) < 4.78 is 0. The molecule has 7 nitrogen and oxygen atoms in total. The molecular formula is C22H25ClN6O. The quantitative estimate of drug-likeness (QED) is 0.598. The van der Waals surface area contributed by atoms with Crippen molar-refractivity contribution < 1.29 is 4.79 Å². The number of amides is 1. The Balaban J connectivity index is 1.30. The molecule has 3 aromatic rings. The number of likely N-dealkylation sites (tertiary alicyclic amines) is 1. The van der Waals surface area contributed by atoms with Gasteiger partial charge < -0.3 is 20.5 Å². The zero-order valence-electron chi connectivity index (χ0n) is 16.7. The fourth-order valence-electron chi connectivity index (χ4n) is 4.48. The molecule has 2 aromatic heterocycles. The third kappa shape index (κ3) is 3.75. The zero-order valence-corrected chi connectivity index (χ0v) is 17.5. The summed E-state index contributed by atoms with van der Waals surface area (Å²) >= 11 is 6.43. The zero-order chi connectivity index (χ0) is 20.5. The number of H-pyrrole nitrogens is 1. The number of carbonyl (C=O) groups is 1. The van der Waals surface area contributed by atoms with Crippen LogP contribution < -0.4 is 10.6 Å². The number of halogens is 1. The molecule has 5 rings (SSSR count). The largest absolute Gasteiger partial charge is 0.360 e. The number of fused-ring (bicyclic) bond motifs is 1. The Morgan fingerprint density at radius 2 is 2.03 bits per heavy atom. The predicted octanol–water partition coefficient (Wildman–Crippen LogP) is 3.29. The van der Waals surface area contributed by atoms with Crippen LogP contribution in [0, 0.1) is 5.92 Å². The summed E-state index contributed by atoms with van der Waals surface area (Å²) in [5, 5.41) is 8.32. The minimum atomic E-state index is 0.146. The van der Waals surface area contributed by atoms with Crippen LogP contribution in [0.4, 0.5) is 5.95 Å². The number of hydrogen-bond donors (Lipinski definition) is 3. The Hall–Kier alpha value is -2.64. The molecule has 0 radical (unpaired) electrons. The van der Waals surface area contributed by atoms with Gasteiger partial charge in [-0.25, -0.2) is 9.97 Å².